The van der Waals surface area contributed by atoms with Crippen LogP contribution < -0.4 is 5.73 Å². The molecule has 0 aliphatic heterocycles. The monoisotopic (exact) mass is 237 g/mol. The molecule has 0 saturated heterocycles. The van der Waals surface area contributed by atoms with Crippen molar-refractivity contribution in [2.24, 2.45) is 12.8 Å². The fourth-order valence-corrected chi connectivity index (χ4v) is 2.79. The predicted molar refractivity (Wildman–Crippen MR) is 67.7 cm³/mol. The molecule has 4 nitrogen and oxygen atoms in total. The average molecular weight is 237 g/mol. The van der Waals surface area contributed by atoms with Crippen molar-refractivity contribution in [2.75, 3.05) is 0 Å². The minimum absolute atomic E-state index is 0.146. The smallest absolute Gasteiger partial charge is 0.0717 e. The lowest BCUT2D eigenvalue weighted by Gasteiger charge is -2.35. The van der Waals surface area contributed by atoms with E-state index in [0.29, 0.717) is 12.8 Å². The summed E-state index contributed by atoms with van der Waals surface area (Å²) in [6, 6.07) is 2.24. The van der Waals surface area contributed by atoms with Gasteiger partial charge in [0.25, 0.3) is 0 Å². The first kappa shape index (κ1) is 12.6. The number of nitrogens with two attached hydrogens (primary N) is 1. The van der Waals surface area contributed by atoms with Crippen molar-refractivity contribution in [3.8, 4) is 0 Å². The molecule has 2 atom stereocenters. The van der Waals surface area contributed by atoms with Crippen LogP contribution in [0.1, 0.15) is 44.0 Å². The topological polar surface area (TPSA) is 64.1 Å². The molecule has 96 valence electrons. The molecule has 4 heteroatoms. The highest BCUT2D eigenvalue weighted by Gasteiger charge is 2.33. The van der Waals surface area contributed by atoms with Gasteiger partial charge in [0.2, 0.25) is 0 Å². The molecule has 1 fully saturated rings. The summed E-state index contributed by atoms with van der Waals surface area (Å²) in [6.45, 7) is 2.09. The second-order valence-corrected chi connectivity index (χ2v) is 5.36. The second-order valence-electron chi connectivity index (χ2n) is 5.36. The van der Waals surface area contributed by atoms with Crippen LogP contribution in [-0.2, 0) is 19.9 Å². The van der Waals surface area contributed by atoms with E-state index in [4.69, 9.17) is 5.73 Å². The minimum atomic E-state index is -0.629. The zero-order valence-corrected chi connectivity index (χ0v) is 10.8. The fourth-order valence-electron chi connectivity index (χ4n) is 2.79. The van der Waals surface area contributed by atoms with Crippen LogP contribution in [0.25, 0.3) is 0 Å². The molecule has 3 N–H and O–H groups in total. The zero-order chi connectivity index (χ0) is 12.5. The Morgan fingerprint density at radius 2 is 2.41 bits per heavy atom. The number of aromatic nitrogens is 2. The van der Waals surface area contributed by atoms with Crippen LogP contribution in [-0.4, -0.2) is 26.5 Å². The standard InChI is InChI=1S/C13H23N3O/c1-3-11-7-12(16(2)15-11)9-13(17)6-4-5-10(14)8-13/h7,10,17H,3-6,8-9,14H2,1-2H3. The molecule has 1 heterocycles. The molecule has 17 heavy (non-hydrogen) atoms. The van der Waals surface area contributed by atoms with Crippen molar-refractivity contribution in [1.82, 2.24) is 9.78 Å². The van der Waals surface area contributed by atoms with Crippen LogP contribution in [0.4, 0.5) is 0 Å². The number of nitrogens with zero attached hydrogens (tertiary/aromatic N) is 2. The Morgan fingerprint density at radius 1 is 1.65 bits per heavy atom. The van der Waals surface area contributed by atoms with Crippen molar-refractivity contribution in [1.29, 1.82) is 0 Å². The summed E-state index contributed by atoms with van der Waals surface area (Å²) >= 11 is 0. The molecular formula is C13H23N3O. The molecule has 2 rings (SSSR count). The summed E-state index contributed by atoms with van der Waals surface area (Å²) in [6.07, 6.45) is 5.23. The molecule has 2 unspecified atom stereocenters. The molecule has 1 saturated carbocycles. The Bertz CT molecular complexity index is 388. The van der Waals surface area contributed by atoms with Gasteiger partial charge in [-0.25, -0.2) is 0 Å². The zero-order valence-electron chi connectivity index (χ0n) is 10.8. The summed E-state index contributed by atoms with van der Waals surface area (Å²) in [5.74, 6) is 0. The van der Waals surface area contributed by atoms with E-state index in [1.807, 2.05) is 11.7 Å². The van der Waals surface area contributed by atoms with Gasteiger partial charge in [0, 0.05) is 25.2 Å². The maximum absolute atomic E-state index is 10.6. The highest BCUT2D eigenvalue weighted by molar-refractivity contribution is 5.13. The maximum atomic E-state index is 10.6. The van der Waals surface area contributed by atoms with Crippen molar-refractivity contribution >= 4 is 0 Å². The quantitative estimate of drug-likeness (QED) is 0.829. The molecule has 0 bridgehead atoms. The van der Waals surface area contributed by atoms with Gasteiger partial charge in [0.05, 0.1) is 11.3 Å². The van der Waals surface area contributed by atoms with Gasteiger partial charge in [-0.3, -0.25) is 4.68 Å². The van der Waals surface area contributed by atoms with E-state index < -0.39 is 5.60 Å². The first-order valence-electron chi connectivity index (χ1n) is 6.52. The number of rotatable bonds is 3. The van der Waals surface area contributed by atoms with Gasteiger partial charge < -0.3 is 10.8 Å². The lowest BCUT2D eigenvalue weighted by atomic mass is 9.79. The van der Waals surface area contributed by atoms with Crippen molar-refractivity contribution in [3.63, 3.8) is 0 Å². The Hall–Kier alpha value is -0.870. The Balaban J connectivity index is 2.10. The van der Waals surface area contributed by atoms with Crippen LogP contribution >= 0.6 is 0 Å². The molecule has 0 amide bonds. The van der Waals surface area contributed by atoms with Crippen LogP contribution in [0.5, 0.6) is 0 Å². The third kappa shape index (κ3) is 2.87. The van der Waals surface area contributed by atoms with Gasteiger partial charge in [-0.2, -0.15) is 5.10 Å². The SMILES string of the molecule is CCc1cc(CC2(O)CCCC(N)C2)n(C)n1. The summed E-state index contributed by atoms with van der Waals surface area (Å²) in [7, 11) is 1.95. The van der Waals surface area contributed by atoms with E-state index in [-0.39, 0.29) is 6.04 Å². The second kappa shape index (κ2) is 4.78. The Kier molecular flexibility index (Phi) is 3.54. The van der Waals surface area contributed by atoms with Crippen molar-refractivity contribution in [3.05, 3.63) is 17.5 Å². The molecule has 1 aliphatic rings. The van der Waals surface area contributed by atoms with Crippen LogP contribution in [0, 0.1) is 0 Å². The summed E-state index contributed by atoms with van der Waals surface area (Å²) in [5.41, 5.74) is 7.52. The highest BCUT2D eigenvalue weighted by Crippen LogP contribution is 2.30. The first-order valence-corrected chi connectivity index (χ1v) is 6.52. The molecule has 0 radical (unpaired) electrons. The van der Waals surface area contributed by atoms with Gasteiger partial charge in [-0.15, -0.1) is 0 Å². The summed E-state index contributed by atoms with van der Waals surface area (Å²) in [5, 5.41) is 15.0. The molecule has 0 aromatic carbocycles. The first-order chi connectivity index (χ1) is 8.02. The van der Waals surface area contributed by atoms with E-state index >= 15 is 0 Å². The summed E-state index contributed by atoms with van der Waals surface area (Å²) in [4.78, 5) is 0. The minimum Gasteiger partial charge on any atom is -0.389 e. The largest absolute Gasteiger partial charge is 0.389 e. The lowest BCUT2D eigenvalue weighted by Crippen LogP contribution is -2.43. The highest BCUT2D eigenvalue weighted by atomic mass is 16.3. The van der Waals surface area contributed by atoms with Gasteiger partial charge in [0.1, 0.15) is 0 Å². The Morgan fingerprint density at radius 3 is 3.00 bits per heavy atom. The van der Waals surface area contributed by atoms with Gasteiger partial charge in [-0.05, 0) is 38.2 Å². The third-order valence-electron chi connectivity index (χ3n) is 3.76. The van der Waals surface area contributed by atoms with Crippen molar-refractivity contribution in [2.45, 2.75) is 57.1 Å². The van der Waals surface area contributed by atoms with Crippen molar-refractivity contribution < 1.29 is 5.11 Å². The molecule has 1 aromatic rings. The van der Waals surface area contributed by atoms with E-state index in [2.05, 4.69) is 18.1 Å². The van der Waals surface area contributed by atoms with Crippen LogP contribution in [0.3, 0.4) is 0 Å². The number of hydrogen-bond acceptors (Lipinski definition) is 3. The van der Waals surface area contributed by atoms with E-state index in [0.717, 1.165) is 37.1 Å². The van der Waals surface area contributed by atoms with Gasteiger partial charge in [0.15, 0.2) is 0 Å². The van der Waals surface area contributed by atoms with Crippen LogP contribution in [0.2, 0.25) is 0 Å². The van der Waals surface area contributed by atoms with Gasteiger partial charge in [-0.1, -0.05) is 6.92 Å². The average Bonchev–Trinajstić information content (AvgIpc) is 2.58. The molecular weight excluding hydrogens is 214 g/mol. The van der Waals surface area contributed by atoms with Gasteiger partial charge >= 0.3 is 0 Å². The third-order valence-corrected chi connectivity index (χ3v) is 3.76. The molecule has 1 aromatic heterocycles. The lowest BCUT2D eigenvalue weighted by molar-refractivity contribution is -0.00340. The van der Waals surface area contributed by atoms with E-state index in [1.54, 1.807) is 0 Å². The predicted octanol–water partition coefficient (Wildman–Crippen LogP) is 1.16. The molecule has 0 spiro atoms. The van der Waals surface area contributed by atoms with E-state index in [1.165, 1.54) is 0 Å². The van der Waals surface area contributed by atoms with Crippen LogP contribution in [0.15, 0.2) is 6.07 Å². The normalized spacial score (nSPS) is 29.5. The number of aliphatic hydroxyl groups is 1. The summed E-state index contributed by atoms with van der Waals surface area (Å²) < 4.78 is 1.89. The van der Waals surface area contributed by atoms with E-state index in [9.17, 15) is 5.11 Å². The Labute approximate surface area is 103 Å². The maximum Gasteiger partial charge on any atom is 0.0717 e. The fraction of sp³-hybridized carbons (Fsp3) is 0.769. The molecule has 1 aliphatic carbocycles. The number of hydrogen-bond donors (Lipinski definition) is 2. The number of aryl methyl sites for hydroxylation is 2.